The van der Waals surface area contributed by atoms with Gasteiger partial charge in [0.15, 0.2) is 6.10 Å². The molecule has 12 heteroatoms. The third-order valence-corrected chi connectivity index (χ3v) is 7.56. The fourth-order valence-electron chi connectivity index (χ4n) is 4.06. The van der Waals surface area contributed by atoms with Crippen LogP contribution in [0.2, 0.25) is 0 Å². The second-order valence-electron chi connectivity index (χ2n) is 10.6. The van der Waals surface area contributed by atoms with Crippen LogP contribution >= 0.6 is 7.82 Å². The molecule has 0 amide bonds. The first-order valence-corrected chi connectivity index (χ1v) is 17.1. The summed E-state index contributed by atoms with van der Waals surface area (Å²) in [6.07, 6.45) is 18.5. The molecule has 0 radical (unpaired) electrons. The van der Waals surface area contributed by atoms with Crippen molar-refractivity contribution >= 4 is 25.7 Å². The van der Waals surface area contributed by atoms with Gasteiger partial charge in [0.25, 0.3) is 0 Å². The monoisotopic (exact) mass is 609 g/mol. The van der Waals surface area contributed by atoms with Gasteiger partial charge in [-0.3, -0.25) is 23.4 Å². The molecule has 41 heavy (non-hydrogen) atoms. The number of carboxylic acids is 1. The summed E-state index contributed by atoms with van der Waals surface area (Å²) in [7, 11) is -4.68. The lowest BCUT2D eigenvalue weighted by atomic mass is 10.0. The number of carbonyl (C=O) groups is 3. The molecule has 0 aromatic heterocycles. The first-order valence-electron chi connectivity index (χ1n) is 15.6. The molecule has 242 valence electrons. The van der Waals surface area contributed by atoms with Crippen molar-refractivity contribution in [3.63, 3.8) is 0 Å². The number of carbonyl (C=O) groups excluding carboxylic acids is 2. The molecule has 3 atom stereocenters. The van der Waals surface area contributed by atoms with E-state index in [1.807, 2.05) is 6.92 Å². The molecule has 0 spiro atoms. The minimum absolute atomic E-state index is 0.166. The lowest BCUT2D eigenvalue weighted by Crippen LogP contribution is -2.34. The van der Waals surface area contributed by atoms with Crippen molar-refractivity contribution in [3.8, 4) is 0 Å². The van der Waals surface area contributed by atoms with Crippen LogP contribution in [-0.2, 0) is 37.5 Å². The molecule has 0 aliphatic heterocycles. The minimum Gasteiger partial charge on any atom is -0.480 e. The Bertz CT molecular complexity index is 736. The van der Waals surface area contributed by atoms with Gasteiger partial charge in [-0.25, -0.2) is 4.57 Å². The van der Waals surface area contributed by atoms with E-state index < -0.39 is 51.1 Å². The SMILES string of the molecule is CCCCCCCCCCCCCCCCC(=O)OC(COC(=O)CCCCC)COP(=O)(O)OCC(N)C(=O)O. The smallest absolute Gasteiger partial charge is 0.472 e. The predicted molar refractivity (Wildman–Crippen MR) is 157 cm³/mol. The molecule has 0 heterocycles. The molecule has 0 aliphatic carbocycles. The third-order valence-electron chi connectivity index (χ3n) is 6.61. The number of hydrogen-bond donors (Lipinski definition) is 3. The zero-order valence-electron chi connectivity index (χ0n) is 25.4. The maximum atomic E-state index is 12.4. The van der Waals surface area contributed by atoms with Crippen LogP contribution in [0.4, 0.5) is 0 Å². The summed E-state index contributed by atoms with van der Waals surface area (Å²) in [6, 6.07) is -1.51. The number of hydrogen-bond acceptors (Lipinski definition) is 9. The summed E-state index contributed by atoms with van der Waals surface area (Å²) in [5.74, 6) is -2.40. The van der Waals surface area contributed by atoms with Crippen LogP contribution in [0.3, 0.4) is 0 Å². The largest absolute Gasteiger partial charge is 0.480 e. The molecule has 0 rings (SSSR count). The van der Waals surface area contributed by atoms with E-state index in [0.29, 0.717) is 12.8 Å². The predicted octanol–water partition coefficient (Wildman–Crippen LogP) is 6.44. The lowest BCUT2D eigenvalue weighted by molar-refractivity contribution is -0.161. The van der Waals surface area contributed by atoms with Gasteiger partial charge in [0.1, 0.15) is 12.6 Å². The van der Waals surface area contributed by atoms with E-state index in [1.54, 1.807) is 0 Å². The van der Waals surface area contributed by atoms with Crippen LogP contribution in [0.1, 0.15) is 136 Å². The number of esters is 2. The average molecular weight is 610 g/mol. The van der Waals surface area contributed by atoms with Crippen molar-refractivity contribution < 1.29 is 47.5 Å². The Morgan fingerprint density at radius 3 is 1.59 bits per heavy atom. The van der Waals surface area contributed by atoms with Crippen molar-refractivity contribution in [2.75, 3.05) is 19.8 Å². The topological polar surface area (TPSA) is 172 Å². The molecule has 0 saturated heterocycles. The van der Waals surface area contributed by atoms with Crippen molar-refractivity contribution in [3.05, 3.63) is 0 Å². The van der Waals surface area contributed by atoms with Crippen molar-refractivity contribution in [1.29, 1.82) is 0 Å². The Morgan fingerprint density at radius 2 is 1.07 bits per heavy atom. The minimum atomic E-state index is -4.68. The number of phosphoric ester groups is 1. The zero-order chi connectivity index (χ0) is 30.8. The van der Waals surface area contributed by atoms with Gasteiger partial charge in [0, 0.05) is 12.8 Å². The molecule has 0 saturated carbocycles. The van der Waals surface area contributed by atoms with Gasteiger partial charge in [0.05, 0.1) is 13.2 Å². The average Bonchev–Trinajstić information content (AvgIpc) is 2.93. The van der Waals surface area contributed by atoms with Crippen molar-refractivity contribution in [1.82, 2.24) is 0 Å². The number of phosphoric acid groups is 1. The van der Waals surface area contributed by atoms with E-state index in [4.69, 9.17) is 24.8 Å². The fourth-order valence-corrected chi connectivity index (χ4v) is 4.84. The highest BCUT2D eigenvalue weighted by atomic mass is 31.2. The Hall–Kier alpha value is -1.52. The number of nitrogens with two attached hydrogens (primary N) is 1. The highest BCUT2D eigenvalue weighted by molar-refractivity contribution is 7.47. The van der Waals surface area contributed by atoms with E-state index in [0.717, 1.165) is 32.1 Å². The first-order chi connectivity index (χ1) is 19.6. The Kier molecular flexibility index (Phi) is 25.2. The van der Waals surface area contributed by atoms with Crippen molar-refractivity contribution in [2.45, 2.75) is 148 Å². The van der Waals surface area contributed by atoms with Gasteiger partial charge in [-0.1, -0.05) is 110 Å². The maximum absolute atomic E-state index is 12.4. The zero-order valence-corrected chi connectivity index (χ0v) is 26.3. The van der Waals surface area contributed by atoms with Crippen molar-refractivity contribution in [2.24, 2.45) is 5.73 Å². The molecule has 0 aliphatic rings. The summed E-state index contributed by atoms with van der Waals surface area (Å²) in [6.45, 7) is 2.57. The molecule has 0 aromatic carbocycles. The summed E-state index contributed by atoms with van der Waals surface area (Å²) >= 11 is 0. The first kappa shape index (κ1) is 39.5. The molecule has 3 unspecified atom stereocenters. The summed E-state index contributed by atoms with van der Waals surface area (Å²) in [5.41, 5.74) is 5.26. The molecular formula is C29H56NO10P. The number of ether oxygens (including phenoxy) is 2. The lowest BCUT2D eigenvalue weighted by Gasteiger charge is -2.20. The van der Waals surface area contributed by atoms with Crippen LogP contribution < -0.4 is 5.73 Å². The second kappa shape index (κ2) is 26.1. The molecule has 0 bridgehead atoms. The molecule has 0 fully saturated rings. The molecule has 11 nitrogen and oxygen atoms in total. The van der Waals surface area contributed by atoms with Gasteiger partial charge in [0.2, 0.25) is 0 Å². The van der Waals surface area contributed by atoms with Gasteiger partial charge < -0.3 is 25.2 Å². The molecule has 4 N–H and O–H groups in total. The summed E-state index contributed by atoms with van der Waals surface area (Å²) in [4.78, 5) is 44.9. The van der Waals surface area contributed by atoms with Crippen LogP contribution in [-0.4, -0.2) is 59.9 Å². The third kappa shape index (κ3) is 25.9. The number of rotatable bonds is 29. The fraction of sp³-hybridized carbons (Fsp3) is 0.897. The molecular weight excluding hydrogens is 553 g/mol. The van der Waals surface area contributed by atoms with Crippen LogP contribution in [0, 0.1) is 0 Å². The van der Waals surface area contributed by atoms with E-state index >= 15 is 0 Å². The van der Waals surface area contributed by atoms with E-state index in [1.165, 1.54) is 64.2 Å². The summed E-state index contributed by atoms with van der Waals surface area (Å²) in [5, 5.41) is 8.77. The van der Waals surface area contributed by atoms with E-state index in [9.17, 15) is 23.8 Å². The Morgan fingerprint density at radius 1 is 0.659 bits per heavy atom. The summed E-state index contributed by atoms with van der Waals surface area (Å²) < 4.78 is 32.0. The highest BCUT2D eigenvalue weighted by Crippen LogP contribution is 2.43. The highest BCUT2D eigenvalue weighted by Gasteiger charge is 2.28. The van der Waals surface area contributed by atoms with Crippen LogP contribution in [0.15, 0.2) is 0 Å². The number of aliphatic carboxylic acids is 1. The maximum Gasteiger partial charge on any atom is 0.472 e. The Balaban J connectivity index is 4.32. The standard InChI is InChI=1S/C29H56NO10P/c1-3-5-7-8-9-10-11-12-13-14-15-16-17-19-21-28(32)40-25(22-37-27(31)20-18-6-4-2)23-38-41(35,36)39-24-26(30)29(33)34/h25-26H,3-24,30H2,1-2H3,(H,33,34)(H,35,36). The molecule has 0 aromatic rings. The van der Waals surface area contributed by atoms with Gasteiger partial charge >= 0.3 is 25.7 Å². The van der Waals surface area contributed by atoms with Crippen LogP contribution in [0.5, 0.6) is 0 Å². The van der Waals surface area contributed by atoms with Gasteiger partial charge in [-0.2, -0.15) is 0 Å². The Labute approximate surface area is 246 Å². The van der Waals surface area contributed by atoms with Crippen LogP contribution in [0.25, 0.3) is 0 Å². The van der Waals surface area contributed by atoms with E-state index in [2.05, 4.69) is 11.4 Å². The van der Waals surface area contributed by atoms with Gasteiger partial charge in [-0.15, -0.1) is 0 Å². The number of unbranched alkanes of at least 4 members (excludes halogenated alkanes) is 15. The number of carboxylic acid groups (broad SMARTS) is 1. The normalized spacial score (nSPS) is 14.2. The quantitative estimate of drug-likeness (QED) is 0.0484. The second-order valence-corrected chi connectivity index (χ2v) is 12.1. The van der Waals surface area contributed by atoms with Gasteiger partial charge in [-0.05, 0) is 12.8 Å². The van der Waals surface area contributed by atoms with E-state index in [-0.39, 0.29) is 19.4 Å².